The minimum Gasteiger partial charge on any atom is -0.412 e. The van der Waals surface area contributed by atoms with Crippen LogP contribution in [-0.2, 0) is 4.43 Å². The predicted molar refractivity (Wildman–Crippen MR) is 164 cm³/mol. The normalized spacial score (nSPS) is 31.2. The monoisotopic (exact) mass is 546 g/mol. The van der Waals surface area contributed by atoms with Gasteiger partial charge >= 0.3 is 0 Å². The molecular weight excluding hydrogens is 493 g/mol. The molecule has 2 fully saturated rings. The lowest BCUT2D eigenvalue weighted by Crippen LogP contribution is -2.44. The third-order valence-electron chi connectivity index (χ3n) is 9.73. The van der Waals surface area contributed by atoms with Gasteiger partial charge in [0.15, 0.2) is 8.32 Å². The number of hydrogen-bond acceptors (Lipinski definition) is 4. The van der Waals surface area contributed by atoms with Crippen LogP contribution in [0.4, 0.5) is 0 Å². The van der Waals surface area contributed by atoms with E-state index in [9.17, 15) is 10.2 Å². The number of hydrogen-bond donors (Lipinski definition) is 2. The minimum absolute atomic E-state index is 0.00812. The second kappa shape index (κ2) is 13.2. The van der Waals surface area contributed by atoms with Gasteiger partial charge in [0, 0.05) is 12.2 Å². The fraction of sp³-hybridized carbons (Fsp3) is 0.750. The van der Waals surface area contributed by atoms with Crippen molar-refractivity contribution >= 4 is 20.1 Å². The van der Waals surface area contributed by atoms with E-state index in [1.807, 2.05) is 0 Å². The molecule has 0 aliphatic heterocycles. The standard InChI is InChI=1S/C32H54O3SSi/c1-8-37(9-2,10-3)35-31(5,6)18-12-20-36-23-27-16-17-29-25(13-11-19-32(27,29)7)14-15-26-21-28(33)22-30(34)24(26)4/h14-16,28-30,33-34H,4,8-13,17-23H2,1-3,5-7H3/b25-14+,26-15-/t28-,29+,30+,32-/m1/s1. The lowest BCUT2D eigenvalue weighted by atomic mass is 9.64. The topological polar surface area (TPSA) is 49.7 Å². The zero-order chi connectivity index (χ0) is 27.3. The Morgan fingerprint density at radius 2 is 1.89 bits per heavy atom. The highest BCUT2D eigenvalue weighted by Crippen LogP contribution is 2.55. The average Bonchev–Trinajstić information content (AvgIpc) is 3.20. The summed E-state index contributed by atoms with van der Waals surface area (Å²) in [7, 11) is -1.56. The van der Waals surface area contributed by atoms with Crippen LogP contribution >= 0.6 is 11.8 Å². The Morgan fingerprint density at radius 1 is 1.19 bits per heavy atom. The molecule has 3 aliphatic rings. The molecule has 0 amide bonds. The zero-order valence-corrected chi connectivity index (χ0v) is 26.4. The van der Waals surface area contributed by atoms with Crippen LogP contribution in [0.2, 0.25) is 18.1 Å². The summed E-state index contributed by atoms with van der Waals surface area (Å²) in [6.07, 6.45) is 14.1. The molecule has 2 saturated carbocycles. The summed E-state index contributed by atoms with van der Waals surface area (Å²) < 4.78 is 6.81. The van der Waals surface area contributed by atoms with Crippen LogP contribution in [-0.4, -0.2) is 47.8 Å². The van der Waals surface area contributed by atoms with Gasteiger partial charge in [-0.05, 0) is 105 Å². The van der Waals surface area contributed by atoms with E-state index in [1.54, 1.807) is 5.57 Å². The molecule has 4 atom stereocenters. The van der Waals surface area contributed by atoms with E-state index in [4.69, 9.17) is 4.43 Å². The van der Waals surface area contributed by atoms with Gasteiger partial charge in [0.1, 0.15) is 0 Å². The van der Waals surface area contributed by atoms with Crippen LogP contribution < -0.4 is 0 Å². The Balaban J connectivity index is 1.52. The summed E-state index contributed by atoms with van der Waals surface area (Å²) in [5.41, 5.74) is 5.24. The second-order valence-electron chi connectivity index (χ2n) is 12.6. The maximum Gasteiger partial charge on any atom is 0.192 e. The number of allylic oxidation sites excluding steroid dienone is 4. The van der Waals surface area contributed by atoms with Crippen LogP contribution in [0.15, 0.2) is 47.1 Å². The third kappa shape index (κ3) is 7.54. The molecule has 0 aromatic rings. The Hall–Kier alpha value is -0.593. The van der Waals surface area contributed by atoms with Crippen molar-refractivity contribution in [1.29, 1.82) is 0 Å². The Kier molecular flexibility index (Phi) is 11.0. The quantitative estimate of drug-likeness (QED) is 0.147. The van der Waals surface area contributed by atoms with Gasteiger partial charge in [-0.3, -0.25) is 0 Å². The molecule has 3 aliphatic carbocycles. The highest BCUT2D eigenvalue weighted by Gasteiger charge is 2.44. The van der Waals surface area contributed by atoms with Crippen LogP contribution in [0.1, 0.15) is 92.9 Å². The smallest absolute Gasteiger partial charge is 0.192 e. The van der Waals surface area contributed by atoms with Crippen molar-refractivity contribution in [2.24, 2.45) is 11.3 Å². The van der Waals surface area contributed by atoms with E-state index in [0.29, 0.717) is 18.8 Å². The Bertz CT molecular complexity index is 876. The van der Waals surface area contributed by atoms with E-state index < -0.39 is 20.5 Å². The molecular formula is C32H54O3SSi. The van der Waals surface area contributed by atoms with Gasteiger partial charge in [-0.25, -0.2) is 0 Å². The lowest BCUT2D eigenvalue weighted by molar-refractivity contribution is 0.0850. The van der Waals surface area contributed by atoms with Crippen molar-refractivity contribution < 1.29 is 14.6 Å². The molecule has 0 radical (unpaired) electrons. The number of aliphatic hydroxyl groups is 2. The highest BCUT2D eigenvalue weighted by atomic mass is 32.2. The Morgan fingerprint density at radius 3 is 2.57 bits per heavy atom. The van der Waals surface area contributed by atoms with Gasteiger partial charge in [0.05, 0.1) is 17.8 Å². The van der Waals surface area contributed by atoms with Crippen molar-refractivity contribution in [3.63, 3.8) is 0 Å². The maximum atomic E-state index is 10.2. The summed E-state index contributed by atoms with van der Waals surface area (Å²) in [4.78, 5) is 0. The van der Waals surface area contributed by atoms with Gasteiger partial charge in [-0.1, -0.05) is 63.6 Å². The molecule has 3 rings (SSSR count). The first-order valence-corrected chi connectivity index (χ1v) is 18.6. The largest absolute Gasteiger partial charge is 0.412 e. The van der Waals surface area contributed by atoms with Crippen molar-refractivity contribution in [3.05, 3.63) is 47.1 Å². The Labute approximate surface area is 233 Å². The molecule has 2 N–H and O–H groups in total. The third-order valence-corrected chi connectivity index (χ3v) is 15.7. The molecule has 3 nitrogen and oxygen atoms in total. The average molecular weight is 547 g/mol. The SMILES string of the molecule is C=C1/C(=C\C=C2/CCC[C@]3(C)C(CSCCCC(C)(C)O[Si](CC)(CC)CC)=CC[C@@H]23)C[C@@H](O)C[C@@H]1O. The van der Waals surface area contributed by atoms with Gasteiger partial charge in [0.2, 0.25) is 0 Å². The van der Waals surface area contributed by atoms with Gasteiger partial charge in [0.25, 0.3) is 0 Å². The molecule has 0 spiro atoms. The zero-order valence-electron chi connectivity index (χ0n) is 24.6. The first-order chi connectivity index (χ1) is 17.5. The summed E-state index contributed by atoms with van der Waals surface area (Å²) in [5, 5.41) is 20.3. The van der Waals surface area contributed by atoms with Crippen molar-refractivity contribution in [2.45, 2.75) is 129 Å². The van der Waals surface area contributed by atoms with Gasteiger partial charge in [-0.15, -0.1) is 0 Å². The molecule has 0 bridgehead atoms. The van der Waals surface area contributed by atoms with Gasteiger partial charge < -0.3 is 14.6 Å². The summed E-state index contributed by atoms with van der Waals surface area (Å²) in [6.45, 7) is 18.1. The number of rotatable bonds is 12. The first-order valence-electron chi connectivity index (χ1n) is 14.9. The molecule has 0 heterocycles. The molecule has 37 heavy (non-hydrogen) atoms. The lowest BCUT2D eigenvalue weighted by Gasteiger charge is -2.41. The number of aliphatic hydroxyl groups excluding tert-OH is 2. The fourth-order valence-electron chi connectivity index (χ4n) is 6.98. The molecule has 0 aromatic carbocycles. The van der Waals surface area contributed by atoms with E-state index in [1.165, 1.54) is 48.7 Å². The summed E-state index contributed by atoms with van der Waals surface area (Å²) >= 11 is 2.11. The molecule has 5 heteroatoms. The minimum atomic E-state index is -1.56. The first kappa shape index (κ1) is 30.9. The molecule has 0 unspecified atom stereocenters. The van der Waals surface area contributed by atoms with Gasteiger partial charge in [-0.2, -0.15) is 11.8 Å². The second-order valence-corrected chi connectivity index (χ2v) is 18.4. The van der Waals surface area contributed by atoms with Crippen LogP contribution in [0.3, 0.4) is 0 Å². The van der Waals surface area contributed by atoms with Crippen molar-refractivity contribution in [1.82, 2.24) is 0 Å². The molecule has 210 valence electrons. The number of thioether (sulfide) groups is 1. The van der Waals surface area contributed by atoms with E-state index in [2.05, 4.69) is 78.1 Å². The fourth-order valence-corrected chi connectivity index (χ4v) is 11.3. The van der Waals surface area contributed by atoms with E-state index in [-0.39, 0.29) is 11.0 Å². The molecule has 0 saturated heterocycles. The van der Waals surface area contributed by atoms with Crippen LogP contribution in [0, 0.1) is 11.3 Å². The summed E-state index contributed by atoms with van der Waals surface area (Å²) in [6, 6.07) is 3.66. The number of fused-ring (bicyclic) bond motifs is 1. The van der Waals surface area contributed by atoms with E-state index in [0.717, 1.165) is 36.2 Å². The van der Waals surface area contributed by atoms with Crippen LogP contribution in [0.25, 0.3) is 0 Å². The van der Waals surface area contributed by atoms with Crippen molar-refractivity contribution in [2.75, 3.05) is 11.5 Å². The highest BCUT2D eigenvalue weighted by molar-refractivity contribution is 7.99. The van der Waals surface area contributed by atoms with E-state index >= 15 is 0 Å². The maximum absolute atomic E-state index is 10.2. The summed E-state index contributed by atoms with van der Waals surface area (Å²) in [5.74, 6) is 2.93. The predicted octanol–water partition coefficient (Wildman–Crippen LogP) is 8.36. The van der Waals surface area contributed by atoms with Crippen molar-refractivity contribution in [3.8, 4) is 0 Å². The molecule has 0 aromatic heterocycles. The van der Waals surface area contributed by atoms with Crippen LogP contribution in [0.5, 0.6) is 0 Å².